The largest absolute Gasteiger partial charge is 0.465 e. The first-order valence-corrected chi connectivity index (χ1v) is 10.4. The van der Waals surface area contributed by atoms with Crippen LogP contribution in [0.3, 0.4) is 0 Å². The maximum absolute atomic E-state index is 13.4. The fraction of sp³-hybridized carbons (Fsp3) is 0.278. The van der Waals surface area contributed by atoms with Crippen LogP contribution in [0, 0.1) is 5.82 Å². The summed E-state index contributed by atoms with van der Waals surface area (Å²) in [6, 6.07) is 10.1. The van der Waals surface area contributed by atoms with E-state index >= 15 is 0 Å². The lowest BCUT2D eigenvalue weighted by molar-refractivity contribution is 0.0600. The first-order chi connectivity index (χ1) is 12.8. The molecule has 0 aliphatic rings. The number of esters is 1. The fourth-order valence-electron chi connectivity index (χ4n) is 2.47. The summed E-state index contributed by atoms with van der Waals surface area (Å²) in [6.07, 6.45) is 0.139. The zero-order chi connectivity index (χ0) is 20.0. The van der Waals surface area contributed by atoms with Gasteiger partial charge >= 0.3 is 5.97 Å². The van der Waals surface area contributed by atoms with Crippen LogP contribution in [0.4, 0.5) is 4.39 Å². The lowest BCUT2D eigenvalue weighted by Gasteiger charge is -2.18. The molecule has 5 nitrogen and oxygen atoms in total. The van der Waals surface area contributed by atoms with E-state index in [1.807, 2.05) is 0 Å². The quantitative estimate of drug-likeness (QED) is 0.503. The molecule has 2 aromatic carbocycles. The Morgan fingerprint density at radius 2 is 1.89 bits per heavy atom. The Hall–Kier alpha value is -1.67. The van der Waals surface area contributed by atoms with E-state index in [0.717, 1.165) is 6.07 Å². The van der Waals surface area contributed by atoms with Gasteiger partial charge in [-0.3, -0.25) is 0 Å². The molecule has 0 aromatic heterocycles. The Kier molecular flexibility index (Phi) is 7.61. The second-order valence-corrected chi connectivity index (χ2v) is 8.43. The number of halogens is 3. The first-order valence-electron chi connectivity index (χ1n) is 7.95. The SMILES string of the molecule is COC(=O)c1ccc(CNS(=O)(=O)C(CCCl)c2ccc(F)c(Cl)c2)cc1. The highest BCUT2D eigenvalue weighted by atomic mass is 35.5. The van der Waals surface area contributed by atoms with Crippen molar-refractivity contribution in [1.82, 2.24) is 4.72 Å². The molecule has 1 unspecified atom stereocenters. The maximum atomic E-state index is 13.4. The van der Waals surface area contributed by atoms with Gasteiger partial charge in [0.15, 0.2) is 0 Å². The molecule has 2 rings (SSSR count). The lowest BCUT2D eigenvalue weighted by atomic mass is 10.1. The molecule has 0 fully saturated rings. The van der Waals surface area contributed by atoms with E-state index in [9.17, 15) is 17.6 Å². The molecule has 0 radical (unpaired) electrons. The number of benzene rings is 2. The molecule has 0 heterocycles. The lowest BCUT2D eigenvalue weighted by Crippen LogP contribution is -2.29. The van der Waals surface area contributed by atoms with Crippen LogP contribution in [0.1, 0.15) is 33.2 Å². The van der Waals surface area contributed by atoms with Crippen LogP contribution in [0.15, 0.2) is 42.5 Å². The number of sulfonamides is 1. The number of carbonyl (C=O) groups excluding carboxylic acids is 1. The van der Waals surface area contributed by atoms with Crippen LogP contribution in [0.2, 0.25) is 5.02 Å². The number of hydrogen-bond acceptors (Lipinski definition) is 4. The van der Waals surface area contributed by atoms with Gasteiger partial charge in [-0.05, 0) is 41.8 Å². The molecule has 1 atom stereocenters. The molecular formula is C18H18Cl2FNO4S. The van der Waals surface area contributed by atoms with Gasteiger partial charge in [0.2, 0.25) is 10.0 Å². The average Bonchev–Trinajstić information content (AvgIpc) is 2.66. The highest BCUT2D eigenvalue weighted by Crippen LogP contribution is 2.29. The number of alkyl halides is 1. The number of hydrogen-bond donors (Lipinski definition) is 1. The minimum absolute atomic E-state index is 0.0253. The summed E-state index contributed by atoms with van der Waals surface area (Å²) in [5, 5.41) is -1.12. The zero-order valence-electron chi connectivity index (χ0n) is 14.4. The van der Waals surface area contributed by atoms with Crippen molar-refractivity contribution in [2.45, 2.75) is 18.2 Å². The van der Waals surface area contributed by atoms with Crippen molar-refractivity contribution in [2.75, 3.05) is 13.0 Å². The summed E-state index contributed by atoms with van der Waals surface area (Å²) >= 11 is 11.5. The molecule has 0 spiro atoms. The van der Waals surface area contributed by atoms with Crippen LogP contribution in [-0.2, 0) is 21.3 Å². The second-order valence-electron chi connectivity index (χ2n) is 5.69. The molecule has 9 heteroatoms. The van der Waals surface area contributed by atoms with Crippen molar-refractivity contribution >= 4 is 39.2 Å². The maximum Gasteiger partial charge on any atom is 0.337 e. The highest BCUT2D eigenvalue weighted by Gasteiger charge is 2.27. The van der Waals surface area contributed by atoms with Gasteiger partial charge < -0.3 is 4.74 Å². The highest BCUT2D eigenvalue weighted by molar-refractivity contribution is 7.89. The number of nitrogens with one attached hydrogen (secondary N) is 1. The standard InChI is InChI=1S/C18H18Cl2FNO4S/c1-26-18(23)13-4-2-12(3-5-13)11-22-27(24,25)17(8-9-19)14-6-7-16(21)15(20)10-14/h2-7,10,17,22H,8-9,11H2,1H3. The van der Waals surface area contributed by atoms with Crippen molar-refractivity contribution < 1.29 is 22.3 Å². The van der Waals surface area contributed by atoms with Crippen LogP contribution < -0.4 is 4.72 Å². The van der Waals surface area contributed by atoms with Gasteiger partial charge in [0.1, 0.15) is 11.1 Å². The number of ether oxygens (including phenoxy) is 1. The molecule has 0 saturated heterocycles. The average molecular weight is 434 g/mol. The van der Waals surface area contributed by atoms with Crippen molar-refractivity contribution in [3.05, 3.63) is 70.0 Å². The predicted octanol–water partition coefficient (Wildman–Crippen LogP) is 4.06. The van der Waals surface area contributed by atoms with Gasteiger partial charge in [-0.25, -0.2) is 22.3 Å². The van der Waals surface area contributed by atoms with Gasteiger partial charge in [-0.15, -0.1) is 11.6 Å². The van der Waals surface area contributed by atoms with E-state index in [2.05, 4.69) is 9.46 Å². The third kappa shape index (κ3) is 5.65. The molecular weight excluding hydrogens is 416 g/mol. The van der Waals surface area contributed by atoms with Crippen LogP contribution >= 0.6 is 23.2 Å². The van der Waals surface area contributed by atoms with E-state index in [0.29, 0.717) is 16.7 Å². The summed E-state index contributed by atoms with van der Waals surface area (Å²) in [7, 11) is -2.52. The molecule has 0 bridgehead atoms. The smallest absolute Gasteiger partial charge is 0.337 e. The van der Waals surface area contributed by atoms with Gasteiger partial charge in [-0.1, -0.05) is 29.8 Å². The summed E-state index contributed by atoms with van der Waals surface area (Å²) in [5.74, 6) is -0.993. The van der Waals surface area contributed by atoms with Gasteiger partial charge in [0, 0.05) is 12.4 Å². The number of rotatable bonds is 8. The van der Waals surface area contributed by atoms with E-state index in [1.165, 1.54) is 19.2 Å². The second kappa shape index (κ2) is 9.50. The Morgan fingerprint density at radius 3 is 2.44 bits per heavy atom. The monoisotopic (exact) mass is 433 g/mol. The van der Waals surface area contributed by atoms with E-state index in [-0.39, 0.29) is 23.9 Å². The predicted molar refractivity (Wildman–Crippen MR) is 103 cm³/mol. The van der Waals surface area contributed by atoms with Gasteiger partial charge in [-0.2, -0.15) is 0 Å². The topological polar surface area (TPSA) is 72.5 Å². The molecule has 0 amide bonds. The van der Waals surface area contributed by atoms with Crippen LogP contribution in [0.25, 0.3) is 0 Å². The van der Waals surface area contributed by atoms with Crippen molar-refractivity contribution in [2.24, 2.45) is 0 Å². The van der Waals surface area contributed by atoms with E-state index < -0.39 is 27.1 Å². The Morgan fingerprint density at radius 1 is 1.22 bits per heavy atom. The minimum atomic E-state index is -3.80. The van der Waals surface area contributed by atoms with Crippen molar-refractivity contribution in [1.29, 1.82) is 0 Å². The van der Waals surface area contributed by atoms with Crippen LogP contribution in [0.5, 0.6) is 0 Å². The Labute approximate surface area is 167 Å². The van der Waals surface area contributed by atoms with Gasteiger partial charge in [0.25, 0.3) is 0 Å². The summed E-state index contributed by atoms with van der Waals surface area (Å²) < 4.78 is 46.0. The molecule has 0 saturated carbocycles. The fourth-order valence-corrected chi connectivity index (χ4v) is 4.51. The Balaban J connectivity index is 2.16. The summed E-state index contributed by atoms with van der Waals surface area (Å²) in [4.78, 5) is 11.4. The van der Waals surface area contributed by atoms with E-state index in [4.69, 9.17) is 23.2 Å². The Bertz CT molecular complexity index is 904. The normalized spacial score (nSPS) is 12.6. The summed E-state index contributed by atoms with van der Waals surface area (Å²) in [6.45, 7) is 0.0253. The van der Waals surface area contributed by atoms with E-state index in [1.54, 1.807) is 24.3 Å². The molecule has 2 aromatic rings. The number of methoxy groups -OCH3 is 1. The molecule has 27 heavy (non-hydrogen) atoms. The zero-order valence-corrected chi connectivity index (χ0v) is 16.7. The van der Waals surface area contributed by atoms with Crippen LogP contribution in [-0.4, -0.2) is 27.4 Å². The molecule has 0 aliphatic carbocycles. The third-order valence-electron chi connectivity index (χ3n) is 3.91. The first kappa shape index (κ1) is 21.6. The van der Waals surface area contributed by atoms with Gasteiger partial charge in [0.05, 0.1) is 17.7 Å². The molecule has 0 aliphatic heterocycles. The van der Waals surface area contributed by atoms with Crippen molar-refractivity contribution in [3.63, 3.8) is 0 Å². The number of carbonyl (C=O) groups is 1. The summed E-state index contributed by atoms with van der Waals surface area (Å²) in [5.41, 5.74) is 1.38. The third-order valence-corrected chi connectivity index (χ3v) is 6.23. The van der Waals surface area contributed by atoms with Crippen molar-refractivity contribution in [3.8, 4) is 0 Å². The molecule has 1 N–H and O–H groups in total. The molecule has 146 valence electrons. The minimum Gasteiger partial charge on any atom is -0.465 e.